The molecule has 0 fully saturated rings. The molecule has 3 aromatic rings. The lowest BCUT2D eigenvalue weighted by molar-refractivity contribution is -0.142. The zero-order valence-electron chi connectivity index (χ0n) is 14.9. The van der Waals surface area contributed by atoms with Crippen molar-refractivity contribution >= 4 is 39.3 Å². The molecule has 27 heavy (non-hydrogen) atoms. The molecule has 140 valence electrons. The van der Waals surface area contributed by atoms with Crippen LogP contribution in [0.15, 0.2) is 47.1 Å². The van der Waals surface area contributed by atoms with Gasteiger partial charge in [-0.15, -0.1) is 0 Å². The zero-order chi connectivity index (χ0) is 19.4. The third-order valence-electron chi connectivity index (χ3n) is 3.86. The molecule has 0 aliphatic rings. The quantitative estimate of drug-likeness (QED) is 0.604. The van der Waals surface area contributed by atoms with Crippen LogP contribution >= 0.6 is 15.9 Å². The number of carbonyl (C=O) groups excluding carboxylic acids is 2. The van der Waals surface area contributed by atoms with E-state index in [4.69, 9.17) is 9.47 Å². The first kappa shape index (κ1) is 18.9. The predicted molar refractivity (Wildman–Crippen MR) is 104 cm³/mol. The summed E-state index contributed by atoms with van der Waals surface area (Å²) >= 11 is 3.41. The maximum Gasteiger partial charge on any atom is 0.312 e. The van der Waals surface area contributed by atoms with Gasteiger partial charge in [-0.05, 0) is 59.3 Å². The number of anilines is 1. The van der Waals surface area contributed by atoms with Gasteiger partial charge in [-0.25, -0.2) is 4.98 Å². The van der Waals surface area contributed by atoms with Gasteiger partial charge in [0, 0.05) is 16.2 Å². The summed E-state index contributed by atoms with van der Waals surface area (Å²) < 4.78 is 12.7. The Bertz CT molecular complexity index is 983. The third kappa shape index (κ3) is 4.28. The first-order valence-corrected chi connectivity index (χ1v) is 9.08. The molecule has 8 heteroatoms. The number of nitrogens with one attached hydrogen (secondary N) is 1. The Labute approximate surface area is 164 Å². The predicted octanol–water partition coefficient (Wildman–Crippen LogP) is 3.46. The summed E-state index contributed by atoms with van der Waals surface area (Å²) in [5, 5.41) is 2.85. The highest BCUT2D eigenvalue weighted by Gasteiger charge is 2.19. The number of methoxy groups -OCH3 is 1. The number of rotatable bonds is 6. The molecule has 0 spiro atoms. The Morgan fingerprint density at radius 2 is 1.93 bits per heavy atom. The minimum absolute atomic E-state index is 0.0363. The summed E-state index contributed by atoms with van der Waals surface area (Å²) in [5.74, 6) is 0.373. The van der Waals surface area contributed by atoms with Crippen LogP contribution in [0.2, 0.25) is 0 Å². The average molecular weight is 432 g/mol. The van der Waals surface area contributed by atoms with E-state index in [2.05, 4.69) is 26.2 Å². The number of nitrogens with zero attached hydrogens (tertiary/aromatic N) is 2. The van der Waals surface area contributed by atoms with E-state index in [0.717, 1.165) is 4.47 Å². The molecule has 0 radical (unpaired) electrons. The SMILES string of the molecule is CCOC(=O)Cc1nc2ccc(Br)cn2c1NC(=O)c1ccc(OC)cc1. The summed E-state index contributed by atoms with van der Waals surface area (Å²) in [5.41, 5.74) is 1.51. The van der Waals surface area contributed by atoms with Crippen LogP contribution in [0, 0.1) is 0 Å². The van der Waals surface area contributed by atoms with Gasteiger partial charge in [0.25, 0.3) is 5.91 Å². The van der Waals surface area contributed by atoms with Crippen LogP contribution in [-0.4, -0.2) is 35.0 Å². The van der Waals surface area contributed by atoms with E-state index < -0.39 is 5.97 Å². The average Bonchev–Trinajstić information content (AvgIpc) is 2.98. The van der Waals surface area contributed by atoms with Crippen molar-refractivity contribution in [2.45, 2.75) is 13.3 Å². The molecule has 0 atom stereocenters. The Morgan fingerprint density at radius 3 is 2.59 bits per heavy atom. The number of benzene rings is 1. The van der Waals surface area contributed by atoms with Gasteiger partial charge < -0.3 is 14.8 Å². The molecule has 0 unspecified atom stereocenters. The molecule has 3 rings (SSSR count). The molecule has 1 N–H and O–H groups in total. The molecule has 2 heterocycles. The van der Waals surface area contributed by atoms with Crippen LogP contribution in [-0.2, 0) is 16.0 Å². The summed E-state index contributed by atoms with van der Waals surface area (Å²) in [6.45, 7) is 2.02. The topological polar surface area (TPSA) is 81.9 Å². The highest BCUT2D eigenvalue weighted by atomic mass is 79.9. The Kier molecular flexibility index (Phi) is 5.75. The second kappa shape index (κ2) is 8.22. The van der Waals surface area contributed by atoms with Crippen LogP contribution in [0.1, 0.15) is 23.0 Å². The Hall–Kier alpha value is -2.87. The van der Waals surface area contributed by atoms with E-state index in [1.54, 1.807) is 55.0 Å². The van der Waals surface area contributed by atoms with Gasteiger partial charge in [0.15, 0.2) is 0 Å². The van der Waals surface area contributed by atoms with E-state index in [-0.39, 0.29) is 18.9 Å². The normalized spacial score (nSPS) is 10.6. The number of carbonyl (C=O) groups is 2. The lowest BCUT2D eigenvalue weighted by atomic mass is 10.2. The van der Waals surface area contributed by atoms with Gasteiger partial charge in [-0.1, -0.05) is 0 Å². The van der Waals surface area contributed by atoms with Gasteiger partial charge in [-0.3, -0.25) is 14.0 Å². The molecule has 0 saturated carbocycles. The van der Waals surface area contributed by atoms with Gasteiger partial charge in [0.1, 0.15) is 17.2 Å². The fourth-order valence-electron chi connectivity index (χ4n) is 2.59. The number of amides is 1. The monoisotopic (exact) mass is 431 g/mol. The number of hydrogen-bond donors (Lipinski definition) is 1. The van der Waals surface area contributed by atoms with Crippen molar-refractivity contribution < 1.29 is 19.1 Å². The molecule has 0 aliphatic heterocycles. The first-order chi connectivity index (χ1) is 13.0. The minimum atomic E-state index is -0.403. The van der Waals surface area contributed by atoms with Crippen molar-refractivity contribution in [3.8, 4) is 5.75 Å². The van der Waals surface area contributed by atoms with E-state index >= 15 is 0 Å². The van der Waals surface area contributed by atoms with Gasteiger partial charge in [0.05, 0.1) is 25.8 Å². The number of hydrogen-bond acceptors (Lipinski definition) is 5. The lowest BCUT2D eigenvalue weighted by Gasteiger charge is -2.08. The molecule has 7 nitrogen and oxygen atoms in total. The standard InChI is InChI=1S/C19H18BrN3O4/c1-3-27-17(24)10-15-18(23-11-13(20)6-9-16(23)21-15)22-19(25)12-4-7-14(26-2)8-5-12/h4-9,11H,3,10H2,1-2H3,(H,22,25). The van der Waals surface area contributed by atoms with Gasteiger partial charge >= 0.3 is 5.97 Å². The molecule has 0 aliphatic carbocycles. The zero-order valence-corrected chi connectivity index (χ0v) is 16.4. The highest BCUT2D eigenvalue weighted by molar-refractivity contribution is 9.10. The second-order valence-electron chi connectivity index (χ2n) is 5.65. The molecule has 2 aromatic heterocycles. The third-order valence-corrected chi connectivity index (χ3v) is 4.32. The van der Waals surface area contributed by atoms with Crippen molar-refractivity contribution in [3.63, 3.8) is 0 Å². The maximum absolute atomic E-state index is 12.7. The number of esters is 1. The summed E-state index contributed by atoms with van der Waals surface area (Å²) in [6.07, 6.45) is 1.74. The van der Waals surface area contributed by atoms with Crippen molar-refractivity contribution in [1.82, 2.24) is 9.38 Å². The van der Waals surface area contributed by atoms with E-state index in [0.29, 0.717) is 28.5 Å². The molecular formula is C19H18BrN3O4. The van der Waals surface area contributed by atoms with E-state index in [9.17, 15) is 9.59 Å². The summed E-state index contributed by atoms with van der Waals surface area (Å²) in [6, 6.07) is 10.4. The molecule has 0 saturated heterocycles. The first-order valence-electron chi connectivity index (χ1n) is 8.29. The van der Waals surface area contributed by atoms with E-state index in [1.165, 1.54) is 0 Å². The van der Waals surface area contributed by atoms with Crippen LogP contribution in [0.25, 0.3) is 5.65 Å². The Balaban J connectivity index is 1.95. The number of halogens is 1. The number of ether oxygens (including phenoxy) is 2. The van der Waals surface area contributed by atoms with Crippen LogP contribution in [0.4, 0.5) is 5.82 Å². The highest BCUT2D eigenvalue weighted by Crippen LogP contribution is 2.23. The van der Waals surface area contributed by atoms with E-state index in [1.807, 2.05) is 6.07 Å². The van der Waals surface area contributed by atoms with Crippen LogP contribution in [0.5, 0.6) is 5.75 Å². The Morgan fingerprint density at radius 1 is 1.19 bits per heavy atom. The fourth-order valence-corrected chi connectivity index (χ4v) is 2.93. The minimum Gasteiger partial charge on any atom is -0.497 e. The van der Waals surface area contributed by atoms with Crippen molar-refractivity contribution in [1.29, 1.82) is 0 Å². The lowest BCUT2D eigenvalue weighted by Crippen LogP contribution is -2.16. The van der Waals surface area contributed by atoms with Crippen molar-refractivity contribution in [2.75, 3.05) is 19.0 Å². The largest absolute Gasteiger partial charge is 0.497 e. The summed E-state index contributed by atoms with van der Waals surface area (Å²) in [4.78, 5) is 29.1. The molecule has 1 amide bonds. The van der Waals surface area contributed by atoms with Crippen LogP contribution in [0.3, 0.4) is 0 Å². The smallest absolute Gasteiger partial charge is 0.312 e. The number of imidazole rings is 1. The number of aromatic nitrogens is 2. The molecular weight excluding hydrogens is 414 g/mol. The van der Waals surface area contributed by atoms with Gasteiger partial charge in [-0.2, -0.15) is 0 Å². The molecule has 1 aromatic carbocycles. The van der Waals surface area contributed by atoms with Crippen molar-refractivity contribution in [3.05, 3.63) is 58.3 Å². The maximum atomic E-state index is 12.7. The summed E-state index contributed by atoms with van der Waals surface area (Å²) in [7, 11) is 1.56. The van der Waals surface area contributed by atoms with Crippen molar-refractivity contribution in [2.24, 2.45) is 0 Å². The molecule has 0 bridgehead atoms. The number of pyridine rings is 1. The number of fused-ring (bicyclic) bond motifs is 1. The fraction of sp³-hybridized carbons (Fsp3) is 0.211. The second-order valence-corrected chi connectivity index (χ2v) is 6.56. The van der Waals surface area contributed by atoms with Gasteiger partial charge in [0.2, 0.25) is 0 Å². The van der Waals surface area contributed by atoms with Crippen LogP contribution < -0.4 is 10.1 Å².